The molecule has 31 heavy (non-hydrogen) atoms. The van der Waals surface area contributed by atoms with Crippen molar-refractivity contribution < 1.29 is 22.4 Å². The van der Waals surface area contributed by atoms with E-state index >= 15 is 0 Å². The van der Waals surface area contributed by atoms with E-state index in [1.165, 1.54) is 17.6 Å². The smallest absolute Gasteiger partial charge is 0.263 e. The number of fused-ring (bicyclic) bond motifs is 1. The highest BCUT2D eigenvalue weighted by Crippen LogP contribution is 2.33. The number of furan rings is 1. The van der Waals surface area contributed by atoms with Crippen LogP contribution in [0.25, 0.3) is 10.2 Å². The number of aryl methyl sites for hydroxylation is 2. The van der Waals surface area contributed by atoms with Gasteiger partial charge in [0.2, 0.25) is 0 Å². The molecule has 166 valence electrons. The van der Waals surface area contributed by atoms with Gasteiger partial charge in [-0.2, -0.15) is 0 Å². The summed E-state index contributed by atoms with van der Waals surface area (Å²) in [6.45, 7) is 7.63. The fourth-order valence-electron chi connectivity index (χ4n) is 3.67. The molecular weight excluding hydrogens is 438 g/mol. The largest absolute Gasteiger partial charge is 0.466 e. The summed E-state index contributed by atoms with van der Waals surface area (Å²) >= 11 is 1.31. The van der Waals surface area contributed by atoms with E-state index in [1.807, 2.05) is 6.07 Å². The zero-order valence-electron chi connectivity index (χ0n) is 17.8. The van der Waals surface area contributed by atoms with E-state index in [0.29, 0.717) is 54.0 Å². The number of thiazole rings is 1. The molecule has 4 rings (SSSR count). The van der Waals surface area contributed by atoms with Gasteiger partial charge in [-0.25, -0.2) is 13.4 Å². The van der Waals surface area contributed by atoms with Gasteiger partial charge in [0.05, 0.1) is 28.4 Å². The minimum atomic E-state index is -3.44. The van der Waals surface area contributed by atoms with Crippen molar-refractivity contribution in [1.29, 1.82) is 0 Å². The van der Waals surface area contributed by atoms with E-state index in [4.69, 9.17) is 9.15 Å². The Morgan fingerprint density at radius 2 is 2.00 bits per heavy atom. The van der Waals surface area contributed by atoms with E-state index in [-0.39, 0.29) is 10.8 Å². The number of hydrogen-bond donors (Lipinski definition) is 0. The Kier molecular flexibility index (Phi) is 6.16. The lowest BCUT2D eigenvalue weighted by molar-refractivity contribution is 0.0391. The number of aromatic nitrogens is 1. The number of hydrogen-bond acceptors (Lipinski definition) is 8. The summed E-state index contributed by atoms with van der Waals surface area (Å²) in [7, 11) is -3.44. The van der Waals surface area contributed by atoms with Crippen molar-refractivity contribution >= 4 is 42.4 Å². The summed E-state index contributed by atoms with van der Waals surface area (Å²) in [4.78, 5) is 22.1. The van der Waals surface area contributed by atoms with Crippen LogP contribution in [0.4, 0.5) is 5.13 Å². The first kappa shape index (κ1) is 21.9. The lowest BCUT2D eigenvalue weighted by atomic mass is 10.2. The Hall–Kier alpha value is -2.27. The Morgan fingerprint density at radius 1 is 1.26 bits per heavy atom. The summed E-state index contributed by atoms with van der Waals surface area (Å²) < 4.78 is 36.1. The number of benzene rings is 1. The average Bonchev–Trinajstić information content (AvgIpc) is 3.30. The zero-order chi connectivity index (χ0) is 22.2. The molecule has 1 saturated heterocycles. The molecule has 3 heterocycles. The van der Waals surface area contributed by atoms with E-state index in [9.17, 15) is 13.2 Å². The third kappa shape index (κ3) is 4.67. The number of nitrogens with zero attached hydrogens (tertiary/aromatic N) is 3. The van der Waals surface area contributed by atoms with E-state index in [1.54, 1.807) is 36.9 Å². The molecule has 1 amide bonds. The molecule has 0 aliphatic carbocycles. The van der Waals surface area contributed by atoms with Gasteiger partial charge in [0.15, 0.2) is 15.0 Å². The number of amides is 1. The highest BCUT2D eigenvalue weighted by Gasteiger charge is 2.26. The van der Waals surface area contributed by atoms with Crippen molar-refractivity contribution in [3.8, 4) is 0 Å². The van der Waals surface area contributed by atoms with Crippen LogP contribution in [0.5, 0.6) is 0 Å². The predicted octanol–water partition coefficient (Wildman–Crippen LogP) is 2.89. The maximum absolute atomic E-state index is 13.5. The third-order valence-corrected chi connectivity index (χ3v) is 7.43. The molecule has 10 heteroatoms. The quantitative estimate of drug-likeness (QED) is 0.555. The Bertz CT molecular complexity index is 1210. The van der Waals surface area contributed by atoms with E-state index < -0.39 is 9.84 Å². The molecule has 0 saturated carbocycles. The number of sulfone groups is 1. The van der Waals surface area contributed by atoms with Crippen molar-refractivity contribution in [2.45, 2.75) is 18.7 Å². The number of carbonyl (C=O) groups is 1. The Labute approximate surface area is 185 Å². The van der Waals surface area contributed by atoms with Crippen molar-refractivity contribution in [1.82, 2.24) is 9.88 Å². The first-order valence-corrected chi connectivity index (χ1v) is 12.7. The second kappa shape index (κ2) is 8.70. The monoisotopic (exact) mass is 463 g/mol. The average molecular weight is 464 g/mol. The van der Waals surface area contributed by atoms with E-state index in [0.717, 1.165) is 17.8 Å². The van der Waals surface area contributed by atoms with Gasteiger partial charge in [-0.1, -0.05) is 17.4 Å². The van der Waals surface area contributed by atoms with Crippen molar-refractivity contribution in [3.05, 3.63) is 41.3 Å². The van der Waals surface area contributed by atoms with Crippen LogP contribution < -0.4 is 4.90 Å². The van der Waals surface area contributed by atoms with Gasteiger partial charge in [-0.3, -0.25) is 14.6 Å². The van der Waals surface area contributed by atoms with Crippen LogP contribution in [0.1, 0.15) is 21.9 Å². The standard InChI is InChI=1S/C21H25N3O5S2/c1-14-13-16(15(2)29-14)20(25)24(8-7-23-9-11-28-12-10-23)21-22-19-17(30-21)5-4-6-18(19)31(3,26)27/h4-6,13H,7-12H2,1-3H3. The van der Waals surface area contributed by atoms with Gasteiger partial charge in [0.1, 0.15) is 17.0 Å². The lowest BCUT2D eigenvalue weighted by Gasteiger charge is -2.29. The second-order valence-corrected chi connectivity index (χ2v) is 10.6. The van der Waals surface area contributed by atoms with Gasteiger partial charge in [-0.15, -0.1) is 0 Å². The van der Waals surface area contributed by atoms with Crippen molar-refractivity contribution in [2.24, 2.45) is 0 Å². The number of carbonyl (C=O) groups excluding carboxylic acids is 1. The topological polar surface area (TPSA) is 93.0 Å². The number of anilines is 1. The summed E-state index contributed by atoms with van der Waals surface area (Å²) in [6.07, 6.45) is 1.17. The summed E-state index contributed by atoms with van der Waals surface area (Å²) in [6, 6.07) is 6.80. The third-order valence-electron chi connectivity index (χ3n) is 5.26. The highest BCUT2D eigenvalue weighted by molar-refractivity contribution is 7.91. The molecule has 1 aliphatic rings. The van der Waals surface area contributed by atoms with Gasteiger partial charge in [-0.05, 0) is 32.0 Å². The zero-order valence-corrected chi connectivity index (χ0v) is 19.4. The molecule has 0 bridgehead atoms. The van der Waals surface area contributed by atoms with Gasteiger partial charge in [0, 0.05) is 32.4 Å². The van der Waals surface area contributed by atoms with Crippen molar-refractivity contribution in [3.63, 3.8) is 0 Å². The van der Waals surface area contributed by atoms with E-state index in [2.05, 4.69) is 9.88 Å². The fourth-order valence-corrected chi connectivity index (χ4v) is 5.58. The molecular formula is C21H25N3O5S2. The summed E-state index contributed by atoms with van der Waals surface area (Å²) in [5.41, 5.74) is 0.885. The van der Waals surface area contributed by atoms with Crippen molar-refractivity contribution in [2.75, 3.05) is 50.5 Å². The summed E-state index contributed by atoms with van der Waals surface area (Å²) in [5.74, 6) is 1.01. The first-order chi connectivity index (χ1) is 14.7. The first-order valence-electron chi connectivity index (χ1n) is 10.0. The molecule has 1 aromatic carbocycles. The SMILES string of the molecule is Cc1cc(C(=O)N(CCN2CCOCC2)c2nc3c(S(C)(=O)=O)cccc3s2)c(C)o1. The van der Waals surface area contributed by atoms with Gasteiger partial charge < -0.3 is 9.15 Å². The summed E-state index contributed by atoms with van der Waals surface area (Å²) in [5, 5.41) is 0.475. The van der Waals surface area contributed by atoms with Crippen LogP contribution in [-0.4, -0.2) is 69.9 Å². The van der Waals surface area contributed by atoms with Crippen LogP contribution in [-0.2, 0) is 14.6 Å². The molecule has 3 aromatic rings. The van der Waals surface area contributed by atoms with Crippen LogP contribution >= 0.6 is 11.3 Å². The molecule has 0 radical (unpaired) electrons. The number of ether oxygens (including phenoxy) is 1. The Morgan fingerprint density at radius 3 is 2.65 bits per heavy atom. The number of morpholine rings is 1. The van der Waals surface area contributed by atoms with Crippen LogP contribution in [0.3, 0.4) is 0 Å². The predicted molar refractivity (Wildman–Crippen MR) is 120 cm³/mol. The highest BCUT2D eigenvalue weighted by atomic mass is 32.2. The van der Waals surface area contributed by atoms with Crippen LogP contribution in [0.15, 0.2) is 33.6 Å². The van der Waals surface area contributed by atoms with Crippen LogP contribution in [0.2, 0.25) is 0 Å². The molecule has 0 unspecified atom stereocenters. The molecule has 8 nitrogen and oxygen atoms in total. The van der Waals surface area contributed by atoms with Gasteiger partial charge in [0.25, 0.3) is 5.91 Å². The molecule has 0 spiro atoms. The lowest BCUT2D eigenvalue weighted by Crippen LogP contribution is -2.43. The maximum Gasteiger partial charge on any atom is 0.263 e. The second-order valence-electron chi connectivity index (χ2n) is 7.61. The maximum atomic E-state index is 13.5. The molecule has 0 N–H and O–H groups in total. The van der Waals surface area contributed by atoms with Gasteiger partial charge >= 0.3 is 0 Å². The minimum Gasteiger partial charge on any atom is -0.466 e. The normalized spacial score (nSPS) is 15.5. The number of para-hydroxylation sites is 1. The minimum absolute atomic E-state index is 0.170. The molecule has 1 fully saturated rings. The fraction of sp³-hybridized carbons (Fsp3) is 0.429. The Balaban J connectivity index is 1.72. The van der Waals surface area contributed by atoms with Crippen LogP contribution in [0, 0.1) is 13.8 Å². The molecule has 1 aliphatic heterocycles. The molecule has 0 atom stereocenters. The molecule has 2 aromatic heterocycles. The number of rotatable bonds is 6.